The van der Waals surface area contributed by atoms with Crippen LogP contribution in [0.25, 0.3) is 0 Å². The van der Waals surface area contributed by atoms with Crippen molar-refractivity contribution in [2.24, 2.45) is 15.3 Å². The molecular weight excluding hydrogens is 404 g/mol. The summed E-state index contributed by atoms with van der Waals surface area (Å²) in [7, 11) is 0. The Hall–Kier alpha value is -3.71. The summed E-state index contributed by atoms with van der Waals surface area (Å²) in [5.41, 5.74) is 4.77. The molecule has 0 unspecified atom stereocenters. The van der Waals surface area contributed by atoms with Crippen LogP contribution in [0.5, 0.6) is 11.5 Å². The third-order valence-electron chi connectivity index (χ3n) is 3.89. The molecule has 0 bridgehead atoms. The lowest BCUT2D eigenvalue weighted by Crippen LogP contribution is -2.24. The van der Waals surface area contributed by atoms with Crippen LogP contribution in [0.1, 0.15) is 11.1 Å². The number of benzene rings is 3. The summed E-state index contributed by atoms with van der Waals surface area (Å²) >= 11 is 6.05. The normalized spacial score (nSPS) is 11.1. The molecular formula is C22H19ClN4O3. The maximum Gasteiger partial charge on any atom is 0.277 e. The highest BCUT2D eigenvalue weighted by Crippen LogP contribution is 2.27. The first kappa shape index (κ1) is 21.0. The Balaban J connectivity index is 1.59. The van der Waals surface area contributed by atoms with Crippen LogP contribution in [0, 0.1) is 6.92 Å². The molecule has 0 fully saturated rings. The lowest BCUT2D eigenvalue weighted by molar-refractivity contribution is -0.123. The number of phenolic OH excluding ortho intramolecular Hbond substituents is 1. The highest BCUT2D eigenvalue weighted by Gasteiger charge is 2.04. The van der Waals surface area contributed by atoms with Gasteiger partial charge in [-0.25, -0.2) is 5.43 Å². The Morgan fingerprint density at radius 2 is 1.93 bits per heavy atom. The van der Waals surface area contributed by atoms with Gasteiger partial charge >= 0.3 is 0 Å². The number of rotatable bonds is 7. The molecule has 0 heterocycles. The predicted octanol–water partition coefficient (Wildman–Crippen LogP) is 5.30. The maximum absolute atomic E-state index is 11.9. The summed E-state index contributed by atoms with van der Waals surface area (Å²) in [6, 6.07) is 19.1. The molecule has 8 heteroatoms. The van der Waals surface area contributed by atoms with Crippen molar-refractivity contribution in [2.45, 2.75) is 6.92 Å². The lowest BCUT2D eigenvalue weighted by atomic mass is 10.2. The highest BCUT2D eigenvalue weighted by atomic mass is 35.5. The van der Waals surface area contributed by atoms with E-state index in [2.05, 4.69) is 20.8 Å². The molecule has 0 aliphatic rings. The summed E-state index contributed by atoms with van der Waals surface area (Å²) in [4.78, 5) is 11.9. The van der Waals surface area contributed by atoms with Crippen molar-refractivity contribution in [1.29, 1.82) is 0 Å². The Morgan fingerprint density at radius 3 is 2.73 bits per heavy atom. The van der Waals surface area contributed by atoms with E-state index in [0.29, 0.717) is 27.7 Å². The quantitative estimate of drug-likeness (QED) is 0.307. The molecule has 0 saturated heterocycles. The van der Waals surface area contributed by atoms with Crippen molar-refractivity contribution >= 4 is 35.1 Å². The molecule has 0 radical (unpaired) electrons. The monoisotopic (exact) mass is 422 g/mol. The average Bonchev–Trinajstić information content (AvgIpc) is 2.73. The molecule has 0 aliphatic carbocycles. The van der Waals surface area contributed by atoms with Crippen LogP contribution in [0.2, 0.25) is 5.02 Å². The largest absolute Gasteiger partial charge is 0.507 e. The molecule has 0 aliphatic heterocycles. The summed E-state index contributed by atoms with van der Waals surface area (Å²) in [6.07, 6.45) is 1.31. The third-order valence-corrected chi connectivity index (χ3v) is 4.21. The first-order chi connectivity index (χ1) is 14.5. The molecule has 3 aromatic carbocycles. The van der Waals surface area contributed by atoms with Crippen LogP contribution in [0.3, 0.4) is 0 Å². The summed E-state index contributed by atoms with van der Waals surface area (Å²) in [5.74, 6) is 0.158. The van der Waals surface area contributed by atoms with Crippen molar-refractivity contribution in [3.63, 3.8) is 0 Å². The number of amides is 1. The molecule has 0 atom stereocenters. The fourth-order valence-electron chi connectivity index (χ4n) is 2.41. The Morgan fingerprint density at radius 1 is 1.10 bits per heavy atom. The van der Waals surface area contributed by atoms with Crippen LogP contribution >= 0.6 is 11.6 Å². The summed E-state index contributed by atoms with van der Waals surface area (Å²) in [5, 5.41) is 22.5. The number of ether oxygens (including phenoxy) is 1. The second kappa shape index (κ2) is 10.2. The van der Waals surface area contributed by atoms with Gasteiger partial charge in [-0.15, -0.1) is 5.11 Å². The molecule has 0 aromatic heterocycles. The second-order valence-corrected chi connectivity index (χ2v) is 6.70. The van der Waals surface area contributed by atoms with Gasteiger partial charge in [0.2, 0.25) is 0 Å². The fourth-order valence-corrected chi connectivity index (χ4v) is 2.59. The second-order valence-electron chi connectivity index (χ2n) is 6.29. The molecule has 2 N–H and O–H groups in total. The third kappa shape index (κ3) is 6.15. The van der Waals surface area contributed by atoms with Crippen LogP contribution < -0.4 is 10.2 Å². The van der Waals surface area contributed by atoms with Gasteiger partial charge in [0.25, 0.3) is 5.91 Å². The minimum atomic E-state index is -0.429. The van der Waals surface area contributed by atoms with E-state index in [-0.39, 0.29) is 12.4 Å². The minimum absolute atomic E-state index is 0.0132. The zero-order valence-electron chi connectivity index (χ0n) is 16.1. The number of hydrazone groups is 1. The van der Waals surface area contributed by atoms with E-state index < -0.39 is 5.91 Å². The standard InChI is InChI=1S/C22H19ClN4O3/c1-15-5-4-6-18(11-15)30-14-22(29)27-24-13-16-12-17(9-10-21(16)28)25-26-20-8-3-2-7-19(20)23/h2-13,28H,14H2,1H3,(H,27,29)/b24-13+,26-25?. The smallest absolute Gasteiger partial charge is 0.277 e. The number of aryl methyl sites for hydroxylation is 1. The van der Waals surface area contributed by atoms with Gasteiger partial charge in [-0.1, -0.05) is 35.9 Å². The van der Waals surface area contributed by atoms with Gasteiger partial charge in [-0.2, -0.15) is 10.2 Å². The number of nitrogens with zero attached hydrogens (tertiary/aromatic N) is 3. The summed E-state index contributed by atoms with van der Waals surface area (Å²) in [6.45, 7) is 1.75. The molecule has 3 aromatic rings. The van der Waals surface area contributed by atoms with E-state index in [9.17, 15) is 9.90 Å². The summed E-state index contributed by atoms with van der Waals surface area (Å²) < 4.78 is 5.40. The van der Waals surface area contributed by atoms with E-state index in [4.69, 9.17) is 16.3 Å². The van der Waals surface area contributed by atoms with E-state index in [1.165, 1.54) is 12.3 Å². The van der Waals surface area contributed by atoms with Crippen molar-refractivity contribution < 1.29 is 14.6 Å². The van der Waals surface area contributed by atoms with Crippen molar-refractivity contribution in [2.75, 3.05) is 6.61 Å². The Bertz CT molecular complexity index is 1100. The number of hydrogen-bond donors (Lipinski definition) is 2. The molecule has 30 heavy (non-hydrogen) atoms. The molecule has 152 valence electrons. The number of phenols is 1. The van der Waals surface area contributed by atoms with E-state index in [1.807, 2.05) is 25.1 Å². The number of halogens is 1. The first-order valence-corrected chi connectivity index (χ1v) is 9.40. The van der Waals surface area contributed by atoms with E-state index in [0.717, 1.165) is 5.56 Å². The molecule has 7 nitrogen and oxygen atoms in total. The van der Waals surface area contributed by atoms with Crippen LogP contribution in [-0.4, -0.2) is 23.8 Å². The predicted molar refractivity (Wildman–Crippen MR) is 116 cm³/mol. The van der Waals surface area contributed by atoms with Gasteiger partial charge in [0.05, 0.1) is 16.9 Å². The number of carbonyl (C=O) groups excluding carboxylic acids is 1. The van der Waals surface area contributed by atoms with Crippen molar-refractivity contribution in [3.8, 4) is 11.5 Å². The van der Waals surface area contributed by atoms with Crippen LogP contribution in [0.15, 0.2) is 82.1 Å². The van der Waals surface area contributed by atoms with Crippen LogP contribution in [-0.2, 0) is 4.79 Å². The van der Waals surface area contributed by atoms with Crippen molar-refractivity contribution in [1.82, 2.24) is 5.43 Å². The average molecular weight is 423 g/mol. The van der Waals surface area contributed by atoms with Gasteiger partial charge in [-0.3, -0.25) is 4.79 Å². The lowest BCUT2D eigenvalue weighted by Gasteiger charge is -2.05. The highest BCUT2D eigenvalue weighted by molar-refractivity contribution is 6.32. The van der Waals surface area contributed by atoms with Gasteiger partial charge in [0.1, 0.15) is 17.2 Å². The van der Waals surface area contributed by atoms with Gasteiger partial charge < -0.3 is 9.84 Å². The molecule has 1 amide bonds. The number of carbonyl (C=O) groups is 1. The number of nitrogens with one attached hydrogen (secondary N) is 1. The molecule has 0 saturated carbocycles. The van der Waals surface area contributed by atoms with Gasteiger partial charge in [-0.05, 0) is 55.0 Å². The van der Waals surface area contributed by atoms with Crippen molar-refractivity contribution in [3.05, 3.63) is 82.9 Å². The SMILES string of the molecule is Cc1cccc(OCC(=O)N/N=C/c2cc(N=Nc3ccccc3Cl)ccc2O)c1. The zero-order chi connectivity index (χ0) is 21.3. The molecule has 0 spiro atoms. The number of hydrogen-bond acceptors (Lipinski definition) is 6. The zero-order valence-corrected chi connectivity index (χ0v) is 16.9. The maximum atomic E-state index is 11.9. The molecule has 3 rings (SSSR count). The number of azo groups is 1. The topological polar surface area (TPSA) is 95.6 Å². The van der Waals surface area contributed by atoms with Gasteiger partial charge in [0, 0.05) is 5.56 Å². The van der Waals surface area contributed by atoms with Gasteiger partial charge in [0.15, 0.2) is 6.61 Å². The van der Waals surface area contributed by atoms with E-state index in [1.54, 1.807) is 42.5 Å². The van der Waals surface area contributed by atoms with E-state index >= 15 is 0 Å². The number of aromatic hydroxyl groups is 1. The minimum Gasteiger partial charge on any atom is -0.507 e. The first-order valence-electron chi connectivity index (χ1n) is 9.02. The Labute approximate surface area is 178 Å². The van der Waals surface area contributed by atoms with Crippen LogP contribution in [0.4, 0.5) is 11.4 Å². The Kier molecular flexibility index (Phi) is 7.13. The fraction of sp³-hybridized carbons (Fsp3) is 0.0909.